The van der Waals surface area contributed by atoms with E-state index >= 15 is 0 Å². The number of rotatable bonds is 5. The first-order valence-electron chi connectivity index (χ1n) is 7.94. The second-order valence-corrected chi connectivity index (χ2v) is 6.99. The van der Waals surface area contributed by atoms with Crippen molar-refractivity contribution in [1.29, 1.82) is 0 Å². The van der Waals surface area contributed by atoms with Gasteiger partial charge in [-0.3, -0.25) is 4.79 Å². The summed E-state index contributed by atoms with van der Waals surface area (Å²) < 4.78 is 36.4. The topological polar surface area (TPSA) is 47.6 Å². The van der Waals surface area contributed by atoms with Crippen molar-refractivity contribution >= 4 is 35.0 Å². The molecule has 0 atom stereocenters. The minimum absolute atomic E-state index is 0.0318. The van der Waals surface area contributed by atoms with Crippen LogP contribution in [-0.2, 0) is 11.2 Å². The quantitative estimate of drug-likeness (QED) is 0.719. The van der Waals surface area contributed by atoms with Gasteiger partial charge in [0, 0.05) is 11.3 Å². The Labute approximate surface area is 158 Å². The van der Waals surface area contributed by atoms with Crippen LogP contribution < -0.4 is 14.8 Å². The standard InChI is InChI=1S/C18H16ClF2NO3S/c19-12-8-11(9-14-17(12)25-7-3-6-24-14)10-16(23)22-13-4-1-2-5-15(13)26-18(20)21/h1-2,4-5,8-9,18H,3,6-7,10H2,(H,22,23). The number of fused-ring (bicyclic) bond motifs is 1. The Morgan fingerprint density at radius 1 is 1.23 bits per heavy atom. The second-order valence-electron chi connectivity index (χ2n) is 5.55. The molecule has 0 bridgehead atoms. The van der Waals surface area contributed by atoms with Crippen LogP contribution in [0.3, 0.4) is 0 Å². The van der Waals surface area contributed by atoms with Gasteiger partial charge in [-0.05, 0) is 29.8 Å². The molecule has 1 aliphatic heterocycles. The maximum atomic E-state index is 12.6. The zero-order chi connectivity index (χ0) is 18.5. The normalized spacial score (nSPS) is 13.4. The molecule has 26 heavy (non-hydrogen) atoms. The molecular weight excluding hydrogens is 384 g/mol. The van der Waals surface area contributed by atoms with Gasteiger partial charge in [-0.25, -0.2) is 0 Å². The van der Waals surface area contributed by atoms with E-state index in [1.165, 1.54) is 6.07 Å². The third kappa shape index (κ3) is 4.80. The molecule has 8 heteroatoms. The number of hydrogen-bond acceptors (Lipinski definition) is 4. The van der Waals surface area contributed by atoms with Gasteiger partial charge in [-0.15, -0.1) is 0 Å². The van der Waals surface area contributed by atoms with Gasteiger partial charge in [0.05, 0.1) is 30.3 Å². The van der Waals surface area contributed by atoms with Crippen molar-refractivity contribution < 1.29 is 23.0 Å². The molecule has 0 unspecified atom stereocenters. The highest BCUT2D eigenvalue weighted by molar-refractivity contribution is 7.99. The molecular formula is C18H16ClF2NO3S. The zero-order valence-electron chi connectivity index (χ0n) is 13.6. The van der Waals surface area contributed by atoms with E-state index in [2.05, 4.69) is 5.32 Å². The Hall–Kier alpha value is -1.99. The Morgan fingerprint density at radius 2 is 2.00 bits per heavy atom. The second kappa shape index (κ2) is 8.60. The van der Waals surface area contributed by atoms with Crippen LogP contribution in [-0.4, -0.2) is 24.9 Å². The first-order chi connectivity index (χ1) is 12.5. The molecule has 0 saturated carbocycles. The lowest BCUT2D eigenvalue weighted by atomic mass is 10.1. The zero-order valence-corrected chi connectivity index (χ0v) is 15.2. The number of amides is 1. The smallest absolute Gasteiger partial charge is 0.288 e. The van der Waals surface area contributed by atoms with Crippen molar-refractivity contribution in [2.45, 2.75) is 23.5 Å². The van der Waals surface area contributed by atoms with E-state index < -0.39 is 5.76 Å². The molecule has 2 aromatic carbocycles. The third-order valence-electron chi connectivity index (χ3n) is 3.60. The maximum absolute atomic E-state index is 12.6. The number of alkyl halides is 2. The molecule has 2 aromatic rings. The van der Waals surface area contributed by atoms with Crippen LogP contribution in [0.4, 0.5) is 14.5 Å². The molecule has 1 heterocycles. The lowest BCUT2D eigenvalue weighted by Gasteiger charge is -2.13. The Bertz CT molecular complexity index is 804. The fourth-order valence-electron chi connectivity index (χ4n) is 2.53. The number of halogens is 3. The number of carbonyl (C=O) groups is 1. The van der Waals surface area contributed by atoms with Crippen molar-refractivity contribution in [2.24, 2.45) is 0 Å². The monoisotopic (exact) mass is 399 g/mol. The third-order valence-corrected chi connectivity index (χ3v) is 4.67. The van der Waals surface area contributed by atoms with Gasteiger partial charge < -0.3 is 14.8 Å². The van der Waals surface area contributed by atoms with Gasteiger partial charge in [0.15, 0.2) is 11.5 Å². The first kappa shape index (κ1) is 18.8. The average Bonchev–Trinajstić information content (AvgIpc) is 2.82. The van der Waals surface area contributed by atoms with E-state index in [-0.39, 0.29) is 12.3 Å². The number of nitrogens with one attached hydrogen (secondary N) is 1. The van der Waals surface area contributed by atoms with E-state index in [4.69, 9.17) is 21.1 Å². The number of ether oxygens (including phenoxy) is 2. The molecule has 3 rings (SSSR count). The van der Waals surface area contributed by atoms with Crippen LogP contribution in [0.25, 0.3) is 0 Å². The summed E-state index contributed by atoms with van der Waals surface area (Å²) in [6, 6.07) is 9.81. The van der Waals surface area contributed by atoms with E-state index in [9.17, 15) is 13.6 Å². The van der Waals surface area contributed by atoms with Crippen LogP contribution in [0, 0.1) is 0 Å². The number of carbonyl (C=O) groups excluding carboxylic acids is 1. The van der Waals surface area contributed by atoms with E-state index in [0.29, 0.717) is 57.6 Å². The largest absolute Gasteiger partial charge is 0.489 e. The molecule has 1 N–H and O–H groups in total. The fraction of sp³-hybridized carbons (Fsp3) is 0.278. The Morgan fingerprint density at radius 3 is 2.81 bits per heavy atom. The highest BCUT2D eigenvalue weighted by atomic mass is 35.5. The number of thioether (sulfide) groups is 1. The van der Waals surface area contributed by atoms with Crippen LogP contribution >= 0.6 is 23.4 Å². The number of benzene rings is 2. The summed E-state index contributed by atoms with van der Waals surface area (Å²) in [5, 5.41) is 3.04. The van der Waals surface area contributed by atoms with Gasteiger partial charge in [0.1, 0.15) is 0 Å². The van der Waals surface area contributed by atoms with Gasteiger partial charge in [0.2, 0.25) is 5.91 Å². The van der Waals surface area contributed by atoms with Crippen molar-refractivity contribution in [2.75, 3.05) is 18.5 Å². The summed E-state index contributed by atoms with van der Waals surface area (Å²) in [5.41, 5.74) is 0.999. The number of para-hydroxylation sites is 1. The molecule has 1 amide bonds. The van der Waals surface area contributed by atoms with Crippen LogP contribution in [0.1, 0.15) is 12.0 Å². The van der Waals surface area contributed by atoms with Crippen LogP contribution in [0.15, 0.2) is 41.3 Å². The lowest BCUT2D eigenvalue weighted by Crippen LogP contribution is -2.15. The molecule has 0 fully saturated rings. The van der Waals surface area contributed by atoms with Gasteiger partial charge in [0.25, 0.3) is 5.76 Å². The first-order valence-corrected chi connectivity index (χ1v) is 9.20. The number of hydrogen-bond donors (Lipinski definition) is 1. The minimum Gasteiger partial charge on any atom is -0.489 e. The molecule has 0 aliphatic carbocycles. The maximum Gasteiger partial charge on any atom is 0.288 e. The van der Waals surface area contributed by atoms with Crippen molar-refractivity contribution in [1.82, 2.24) is 0 Å². The molecule has 0 saturated heterocycles. The van der Waals surface area contributed by atoms with Gasteiger partial charge >= 0.3 is 0 Å². The predicted octanol–water partition coefficient (Wildman–Crippen LogP) is 5.00. The summed E-state index contributed by atoms with van der Waals surface area (Å²) in [4.78, 5) is 12.7. The van der Waals surface area contributed by atoms with Crippen molar-refractivity contribution in [3.8, 4) is 11.5 Å². The van der Waals surface area contributed by atoms with E-state index in [0.717, 1.165) is 6.42 Å². The van der Waals surface area contributed by atoms with Crippen molar-refractivity contribution in [3.05, 3.63) is 47.0 Å². The average molecular weight is 400 g/mol. The predicted molar refractivity (Wildman–Crippen MR) is 97.7 cm³/mol. The summed E-state index contributed by atoms with van der Waals surface area (Å²) in [6.45, 7) is 1.03. The summed E-state index contributed by atoms with van der Waals surface area (Å²) in [5.74, 6) is -1.91. The van der Waals surface area contributed by atoms with Gasteiger partial charge in [-0.1, -0.05) is 35.5 Å². The summed E-state index contributed by atoms with van der Waals surface area (Å²) in [7, 11) is 0. The molecule has 138 valence electrons. The fourth-order valence-corrected chi connectivity index (χ4v) is 3.42. The molecule has 4 nitrogen and oxygen atoms in total. The highest BCUT2D eigenvalue weighted by Gasteiger charge is 2.17. The van der Waals surface area contributed by atoms with E-state index in [1.54, 1.807) is 30.3 Å². The Kier molecular flexibility index (Phi) is 6.21. The van der Waals surface area contributed by atoms with Crippen LogP contribution in [0.2, 0.25) is 5.02 Å². The summed E-state index contributed by atoms with van der Waals surface area (Å²) >= 11 is 6.61. The van der Waals surface area contributed by atoms with Gasteiger partial charge in [-0.2, -0.15) is 8.78 Å². The van der Waals surface area contributed by atoms with Crippen molar-refractivity contribution in [3.63, 3.8) is 0 Å². The summed E-state index contributed by atoms with van der Waals surface area (Å²) in [6.07, 6.45) is 0.781. The number of anilines is 1. The molecule has 0 spiro atoms. The SMILES string of the molecule is O=C(Cc1cc(Cl)c2c(c1)OCCCO2)Nc1ccccc1SC(F)F. The van der Waals surface area contributed by atoms with Crippen LogP contribution in [0.5, 0.6) is 11.5 Å². The highest BCUT2D eigenvalue weighted by Crippen LogP contribution is 2.38. The lowest BCUT2D eigenvalue weighted by molar-refractivity contribution is -0.115. The molecule has 0 radical (unpaired) electrons. The Balaban J connectivity index is 1.73. The minimum atomic E-state index is -2.56. The molecule has 1 aliphatic rings. The molecule has 0 aromatic heterocycles. The van der Waals surface area contributed by atoms with E-state index in [1.807, 2.05) is 0 Å².